The summed E-state index contributed by atoms with van der Waals surface area (Å²) < 4.78 is 26.5. The number of ketones is 1. The van der Waals surface area contributed by atoms with E-state index in [-0.39, 0.29) is 42.3 Å². The number of carbonyl (C=O) groups is 3. The largest absolute Gasteiger partial charge is 0.464 e. The molecule has 1 fully saturated rings. The molecule has 3 heterocycles. The molecule has 4 rings (SSSR count). The highest BCUT2D eigenvalue weighted by Crippen LogP contribution is 2.39. The van der Waals surface area contributed by atoms with Crippen LogP contribution in [0, 0.1) is 18.2 Å². The number of ether oxygens (including phenoxy) is 2. The van der Waals surface area contributed by atoms with E-state index in [1.165, 1.54) is 12.1 Å². The average molecular weight is 610 g/mol. The van der Waals surface area contributed by atoms with E-state index in [2.05, 4.69) is 29.2 Å². The number of aromatic nitrogens is 3. The zero-order chi connectivity index (χ0) is 32.2. The molecule has 3 aromatic rings. The minimum Gasteiger partial charge on any atom is -0.464 e. The molecule has 1 saturated heterocycles. The number of Topliss-reactive ketones (excluding diaryl/α,β-unsaturated/α-hetero) is 1. The third-order valence-electron chi connectivity index (χ3n) is 7.74. The van der Waals surface area contributed by atoms with Crippen molar-refractivity contribution in [3.63, 3.8) is 0 Å². The van der Waals surface area contributed by atoms with Gasteiger partial charge in [0.15, 0.2) is 23.2 Å². The number of nitrogens with one attached hydrogen (secondary N) is 1. The molecule has 0 bridgehead atoms. The second-order valence-electron chi connectivity index (χ2n) is 13.1. The number of fused-ring (bicyclic) bond motifs is 1. The number of hydrogen-bond donors (Lipinski definition) is 1. The van der Waals surface area contributed by atoms with Gasteiger partial charge in [-0.2, -0.15) is 9.61 Å². The zero-order valence-electron chi connectivity index (χ0n) is 26.8. The van der Waals surface area contributed by atoms with E-state index >= 15 is 0 Å². The summed E-state index contributed by atoms with van der Waals surface area (Å²) in [6.07, 6.45) is 1.45. The van der Waals surface area contributed by atoms with Crippen molar-refractivity contribution in [2.45, 2.75) is 85.9 Å². The van der Waals surface area contributed by atoms with Gasteiger partial charge >= 0.3 is 5.97 Å². The van der Waals surface area contributed by atoms with E-state index in [1.54, 1.807) is 29.6 Å². The molecule has 1 amide bonds. The highest BCUT2D eigenvalue weighted by molar-refractivity contribution is 5.96. The Labute approximate surface area is 258 Å². The number of halogens is 1. The molecular weight excluding hydrogens is 565 g/mol. The van der Waals surface area contributed by atoms with Gasteiger partial charge in [0, 0.05) is 31.3 Å². The van der Waals surface area contributed by atoms with Crippen molar-refractivity contribution < 1.29 is 28.2 Å². The van der Waals surface area contributed by atoms with Gasteiger partial charge in [-0.05, 0) is 77.0 Å². The molecule has 1 aliphatic rings. The van der Waals surface area contributed by atoms with Gasteiger partial charge in [0.2, 0.25) is 0 Å². The van der Waals surface area contributed by atoms with Gasteiger partial charge in [-0.15, -0.1) is 0 Å². The maximum Gasteiger partial charge on any atom is 0.340 e. The Morgan fingerprint density at radius 1 is 1.11 bits per heavy atom. The summed E-state index contributed by atoms with van der Waals surface area (Å²) in [6, 6.07) is 7.57. The molecule has 10 nitrogen and oxygen atoms in total. The van der Waals surface area contributed by atoms with E-state index < -0.39 is 23.6 Å². The Morgan fingerprint density at radius 3 is 2.39 bits per heavy atom. The molecule has 1 aromatic carbocycles. The number of hydrogen-bond acceptors (Lipinski definition) is 8. The second-order valence-corrected chi connectivity index (χ2v) is 13.1. The SMILES string of the molecule is CCOC(=O)[C@@H](OC(C)(C)C)c1c(C)nc2cc(C(=O)NCC(=O)CCc3ccc(F)cc3)nn2c1N1CCC(C)(C)CC1. The fourth-order valence-corrected chi connectivity index (χ4v) is 5.25. The van der Waals surface area contributed by atoms with Crippen LogP contribution in [0.3, 0.4) is 0 Å². The van der Waals surface area contributed by atoms with E-state index in [4.69, 9.17) is 14.5 Å². The number of nitrogens with zero attached hydrogens (tertiary/aromatic N) is 4. The van der Waals surface area contributed by atoms with Gasteiger partial charge < -0.3 is 19.7 Å². The fourth-order valence-electron chi connectivity index (χ4n) is 5.25. The number of piperidine rings is 1. The van der Waals surface area contributed by atoms with Crippen LogP contribution in [-0.4, -0.2) is 64.1 Å². The monoisotopic (exact) mass is 609 g/mol. The molecule has 0 spiro atoms. The van der Waals surface area contributed by atoms with Crippen molar-refractivity contribution in [1.82, 2.24) is 19.9 Å². The Bertz CT molecular complexity index is 1500. The number of amides is 1. The van der Waals surface area contributed by atoms with Crippen molar-refractivity contribution >= 4 is 29.1 Å². The van der Waals surface area contributed by atoms with Crippen molar-refractivity contribution in [3.05, 3.63) is 58.7 Å². The summed E-state index contributed by atoms with van der Waals surface area (Å²) >= 11 is 0. The highest BCUT2D eigenvalue weighted by atomic mass is 19.1. The summed E-state index contributed by atoms with van der Waals surface area (Å²) in [5.74, 6) is -0.879. The molecule has 0 saturated carbocycles. The summed E-state index contributed by atoms with van der Waals surface area (Å²) in [4.78, 5) is 45.9. The van der Waals surface area contributed by atoms with Crippen LogP contribution in [0.25, 0.3) is 5.65 Å². The first-order chi connectivity index (χ1) is 20.7. The van der Waals surface area contributed by atoms with Gasteiger partial charge in [0.25, 0.3) is 5.91 Å². The molecule has 11 heteroatoms. The van der Waals surface area contributed by atoms with Crippen molar-refractivity contribution in [3.8, 4) is 0 Å². The molecule has 1 atom stereocenters. The Kier molecular flexibility index (Phi) is 10.1. The molecule has 1 aliphatic heterocycles. The molecule has 0 aliphatic carbocycles. The molecular formula is C33H44FN5O5. The van der Waals surface area contributed by atoms with E-state index in [0.717, 1.165) is 18.4 Å². The van der Waals surface area contributed by atoms with Gasteiger partial charge in [-0.3, -0.25) is 9.59 Å². The van der Waals surface area contributed by atoms with Crippen LogP contribution in [0.5, 0.6) is 0 Å². The molecule has 44 heavy (non-hydrogen) atoms. The first-order valence-corrected chi connectivity index (χ1v) is 15.2. The van der Waals surface area contributed by atoms with E-state index in [1.807, 2.05) is 27.7 Å². The lowest BCUT2D eigenvalue weighted by atomic mass is 9.82. The highest BCUT2D eigenvalue weighted by Gasteiger charge is 2.37. The number of benzene rings is 1. The molecule has 0 unspecified atom stereocenters. The van der Waals surface area contributed by atoms with Gasteiger partial charge in [0.05, 0.1) is 24.3 Å². The first kappa shape index (κ1) is 33.0. The lowest BCUT2D eigenvalue weighted by Gasteiger charge is -2.39. The number of carbonyl (C=O) groups excluding carboxylic acids is 3. The quantitative estimate of drug-likeness (QED) is 0.297. The summed E-state index contributed by atoms with van der Waals surface area (Å²) in [7, 11) is 0. The topological polar surface area (TPSA) is 115 Å². The van der Waals surface area contributed by atoms with Crippen molar-refractivity contribution in [1.29, 1.82) is 0 Å². The Morgan fingerprint density at radius 2 is 1.77 bits per heavy atom. The van der Waals surface area contributed by atoms with Crippen molar-refractivity contribution in [2.75, 3.05) is 31.1 Å². The van der Waals surface area contributed by atoms with Gasteiger partial charge in [0.1, 0.15) is 11.6 Å². The lowest BCUT2D eigenvalue weighted by Crippen LogP contribution is -2.40. The summed E-state index contributed by atoms with van der Waals surface area (Å²) in [6.45, 7) is 15.1. The molecule has 0 radical (unpaired) electrons. The Hall–Kier alpha value is -3.86. The van der Waals surface area contributed by atoms with Crippen LogP contribution >= 0.6 is 0 Å². The van der Waals surface area contributed by atoms with Crippen LogP contribution in [0.4, 0.5) is 10.2 Å². The fraction of sp³-hybridized carbons (Fsp3) is 0.545. The Balaban J connectivity index is 1.65. The normalized spacial score (nSPS) is 15.7. The second kappa shape index (κ2) is 13.4. The number of rotatable bonds is 11. The molecule has 2 aromatic heterocycles. The zero-order valence-corrected chi connectivity index (χ0v) is 26.8. The van der Waals surface area contributed by atoms with Gasteiger partial charge in [-0.1, -0.05) is 26.0 Å². The summed E-state index contributed by atoms with van der Waals surface area (Å²) in [5, 5.41) is 7.30. The van der Waals surface area contributed by atoms with Crippen LogP contribution in [0.2, 0.25) is 0 Å². The minimum atomic E-state index is -1.06. The first-order valence-electron chi connectivity index (χ1n) is 15.2. The predicted molar refractivity (Wildman–Crippen MR) is 165 cm³/mol. The smallest absolute Gasteiger partial charge is 0.340 e. The molecule has 1 N–H and O–H groups in total. The average Bonchev–Trinajstić information content (AvgIpc) is 3.37. The van der Waals surface area contributed by atoms with E-state index in [0.29, 0.717) is 42.2 Å². The standard InChI is InChI=1S/C33H44FN5O5/c1-8-43-31(42)28(44-32(3,4)5)27-21(2)36-26-19-25(37-39(26)30(27)38-17-15-33(6,7)16-18-38)29(41)35-20-24(40)14-11-22-9-12-23(34)13-10-22/h9-10,12-13,19,28H,8,11,14-18,20H2,1-7H3,(H,35,41)/t28-/m0/s1. The summed E-state index contributed by atoms with van der Waals surface area (Å²) in [5.41, 5.74) is 2.01. The predicted octanol–water partition coefficient (Wildman–Crippen LogP) is 5.15. The van der Waals surface area contributed by atoms with Crippen LogP contribution < -0.4 is 10.2 Å². The number of anilines is 1. The van der Waals surface area contributed by atoms with Crippen LogP contribution in [0.15, 0.2) is 30.3 Å². The minimum absolute atomic E-state index is 0.100. The third-order valence-corrected chi connectivity index (χ3v) is 7.74. The number of esters is 1. The maximum atomic E-state index is 13.3. The van der Waals surface area contributed by atoms with Crippen LogP contribution in [0.1, 0.15) is 94.2 Å². The van der Waals surface area contributed by atoms with Gasteiger partial charge in [-0.25, -0.2) is 14.2 Å². The molecule has 238 valence electrons. The number of aryl methyl sites for hydroxylation is 2. The third kappa shape index (κ3) is 8.19. The van der Waals surface area contributed by atoms with E-state index in [9.17, 15) is 18.8 Å². The van der Waals surface area contributed by atoms with Crippen molar-refractivity contribution in [2.24, 2.45) is 5.41 Å². The maximum absolute atomic E-state index is 13.3. The van der Waals surface area contributed by atoms with Crippen LogP contribution in [-0.2, 0) is 25.5 Å². The lowest BCUT2D eigenvalue weighted by molar-refractivity contribution is -0.166.